The Morgan fingerprint density at radius 1 is 1.86 bits per heavy atom. The van der Waals surface area contributed by atoms with Crippen molar-refractivity contribution in [3.63, 3.8) is 0 Å². The van der Waals surface area contributed by atoms with Gasteiger partial charge in [-0.25, -0.2) is 12.9 Å². The van der Waals surface area contributed by atoms with Crippen molar-refractivity contribution < 1.29 is 3.87 Å². The van der Waals surface area contributed by atoms with E-state index in [9.17, 15) is 0 Å². The highest BCUT2D eigenvalue weighted by Crippen LogP contribution is 2.38. The van der Waals surface area contributed by atoms with Crippen molar-refractivity contribution in [2.24, 2.45) is 0 Å². The topological polar surface area (TPSA) is 11.3 Å². The average molecular weight is 134 g/mol. The summed E-state index contributed by atoms with van der Waals surface area (Å²) >= 11 is 6.12. The molecule has 0 N–H and O–H groups in total. The first-order valence-corrected chi connectivity index (χ1v) is 3.39. The number of hydrogen-bond acceptors (Lipinski definition) is 2. The second-order valence-corrected chi connectivity index (χ2v) is 3.29. The van der Waals surface area contributed by atoms with E-state index in [-0.39, 0.29) is 0 Å². The molecule has 0 bridgehead atoms. The van der Waals surface area contributed by atoms with Crippen LogP contribution in [0.25, 0.3) is 0 Å². The molecule has 0 aromatic carbocycles. The van der Waals surface area contributed by atoms with Crippen LogP contribution in [0.3, 0.4) is 0 Å². The summed E-state index contributed by atoms with van der Waals surface area (Å²) in [5, 5.41) is 1.32. The molecule has 2 atom stereocenters. The van der Waals surface area contributed by atoms with Crippen LogP contribution in [-0.2, 0) is 16.8 Å². The van der Waals surface area contributed by atoms with Crippen molar-refractivity contribution in [2.45, 2.75) is 17.4 Å². The zero-order valence-corrected chi connectivity index (χ0v) is 5.59. The molecule has 1 heterocycles. The van der Waals surface area contributed by atoms with E-state index in [0.717, 1.165) is 5.25 Å². The average Bonchev–Trinajstić information content (AvgIpc) is 2.22. The highest BCUT2D eigenvalue weighted by molar-refractivity contribution is 8.08. The van der Waals surface area contributed by atoms with Crippen molar-refractivity contribution in [3.05, 3.63) is 0 Å². The molecule has 1 rings (SSSR count). The molecule has 1 aliphatic heterocycles. The highest BCUT2D eigenvalue weighted by Gasteiger charge is 2.36. The molecule has 0 saturated carbocycles. The lowest BCUT2D eigenvalue weighted by atomic mass is 10.4. The number of carbonyl (C=O) groups excluding carboxylic acids is 1. The molecule has 7 heavy (non-hydrogen) atoms. The van der Waals surface area contributed by atoms with Crippen LogP contribution >= 0.6 is 11.8 Å². The summed E-state index contributed by atoms with van der Waals surface area (Å²) in [6.07, 6.45) is 1.70. The Labute approximate surface area is 52.8 Å². The van der Waals surface area contributed by atoms with Gasteiger partial charge in [0.05, 0.1) is 0 Å². The molecule has 0 aromatic rings. The number of rotatable bonds is 1. The normalized spacial score (nSPS) is 39.6. The maximum atomic E-state index is 4.37. The van der Waals surface area contributed by atoms with Gasteiger partial charge in [-0.1, -0.05) is 6.92 Å². The fourth-order valence-corrected chi connectivity index (χ4v) is 1.18. The first-order chi connectivity index (χ1) is 3.34. The first-order valence-electron chi connectivity index (χ1n) is 2.12. The standard InChI is InChI=1S/C4H6OS2/c1-3-4(7-3)2-5-6/h2-4H,1H3. The maximum absolute atomic E-state index is 4.37. The van der Waals surface area contributed by atoms with Crippen molar-refractivity contribution in [1.29, 1.82) is 0 Å². The summed E-state index contributed by atoms with van der Waals surface area (Å²) in [5.41, 5.74) is 0. The van der Waals surface area contributed by atoms with E-state index >= 15 is 0 Å². The second-order valence-electron chi connectivity index (χ2n) is 1.54. The van der Waals surface area contributed by atoms with Crippen LogP contribution in [0.2, 0.25) is 0 Å². The van der Waals surface area contributed by atoms with Gasteiger partial charge in [0.25, 0.3) is 6.29 Å². The largest absolute Gasteiger partial charge is 0.358 e. The van der Waals surface area contributed by atoms with Gasteiger partial charge in [0.2, 0.25) is 0 Å². The zero-order valence-electron chi connectivity index (χ0n) is 3.96. The molecule has 1 saturated heterocycles. The number of hydrogen-bond donors (Lipinski definition) is 0. The van der Waals surface area contributed by atoms with Crippen LogP contribution in [0, 0.1) is 0 Å². The predicted octanol–water partition coefficient (Wildman–Crippen LogP) is 0.687. The first kappa shape index (κ1) is 5.38. The molecule has 0 amide bonds. The molecule has 40 valence electrons. The summed E-state index contributed by atoms with van der Waals surface area (Å²) in [4.78, 5) is 0. The number of thioether (sulfide) groups is 1. The van der Waals surface area contributed by atoms with Crippen molar-refractivity contribution in [3.8, 4) is 0 Å². The van der Waals surface area contributed by atoms with Crippen LogP contribution in [0.4, 0.5) is 0 Å². The van der Waals surface area contributed by atoms with Crippen molar-refractivity contribution in [2.75, 3.05) is 0 Å². The van der Waals surface area contributed by atoms with Gasteiger partial charge < -0.3 is 3.87 Å². The fourth-order valence-electron chi connectivity index (χ4n) is 0.400. The minimum absolute atomic E-state index is 0.581. The second kappa shape index (κ2) is 2.01. The third kappa shape index (κ3) is 1.31. The zero-order chi connectivity index (χ0) is 5.28. The maximum Gasteiger partial charge on any atom is 0.279 e. The van der Waals surface area contributed by atoms with E-state index in [1.165, 1.54) is 0 Å². The van der Waals surface area contributed by atoms with Crippen LogP contribution in [0.15, 0.2) is 0 Å². The van der Waals surface area contributed by atoms with E-state index in [0.29, 0.717) is 5.25 Å². The molecular formula is C4H6OS2. The molecule has 1 fully saturated rings. The fraction of sp³-hybridized carbons (Fsp3) is 0.750. The van der Waals surface area contributed by atoms with E-state index in [1.807, 2.05) is 11.8 Å². The SMILES string of the molecule is CC1SC1C=[O+][S-]. The summed E-state index contributed by atoms with van der Waals surface area (Å²) in [5.74, 6) is 0. The van der Waals surface area contributed by atoms with Gasteiger partial charge in [0.1, 0.15) is 5.25 Å². The smallest absolute Gasteiger partial charge is 0.279 e. The Balaban J connectivity index is 2.21. The molecule has 0 aliphatic carbocycles. The molecule has 3 heteroatoms. The molecule has 1 nitrogen and oxygen atoms in total. The van der Waals surface area contributed by atoms with Gasteiger partial charge in [-0.2, -0.15) is 0 Å². The third-order valence-corrected chi connectivity index (χ3v) is 2.30. The third-order valence-electron chi connectivity index (χ3n) is 0.948. The summed E-state index contributed by atoms with van der Waals surface area (Å²) in [6, 6.07) is 0. The Hall–Kier alpha value is 0.240. The van der Waals surface area contributed by atoms with E-state index in [1.54, 1.807) is 6.29 Å². The molecule has 0 radical (unpaired) electrons. The predicted molar refractivity (Wildman–Crippen MR) is 34.3 cm³/mol. The van der Waals surface area contributed by atoms with Gasteiger partial charge >= 0.3 is 0 Å². The van der Waals surface area contributed by atoms with E-state index in [4.69, 9.17) is 0 Å². The molecule has 1 aliphatic rings. The Morgan fingerprint density at radius 3 is 2.57 bits per heavy atom. The summed E-state index contributed by atoms with van der Waals surface area (Å²) in [7, 11) is 0. The lowest BCUT2D eigenvalue weighted by molar-refractivity contribution is -0.235. The van der Waals surface area contributed by atoms with Gasteiger partial charge in [-0.3, -0.25) is 0 Å². The van der Waals surface area contributed by atoms with Crippen molar-refractivity contribution in [1.82, 2.24) is 0 Å². The van der Waals surface area contributed by atoms with Crippen molar-refractivity contribution >= 4 is 31.0 Å². The molecule has 0 aromatic heterocycles. The van der Waals surface area contributed by atoms with Crippen LogP contribution in [0.5, 0.6) is 0 Å². The van der Waals surface area contributed by atoms with E-state index in [2.05, 4.69) is 23.7 Å². The summed E-state index contributed by atoms with van der Waals surface area (Å²) in [6.45, 7) is 2.15. The van der Waals surface area contributed by atoms with Crippen LogP contribution < -0.4 is 0 Å². The minimum atomic E-state index is 0.581. The Bertz CT molecular complexity index is 91.7. The number of aldehydes is 1. The van der Waals surface area contributed by atoms with Gasteiger partial charge in [0.15, 0.2) is 0 Å². The molecule has 2 unspecified atom stereocenters. The van der Waals surface area contributed by atoms with Gasteiger partial charge in [-0.15, -0.1) is 11.8 Å². The van der Waals surface area contributed by atoms with Crippen LogP contribution in [-0.4, -0.2) is 16.8 Å². The van der Waals surface area contributed by atoms with E-state index < -0.39 is 0 Å². The van der Waals surface area contributed by atoms with Gasteiger partial charge in [0, 0.05) is 5.25 Å². The molecule has 0 spiro atoms. The summed E-state index contributed by atoms with van der Waals surface area (Å²) < 4.78 is 4.37. The lowest BCUT2D eigenvalue weighted by Gasteiger charge is -1.67. The quantitative estimate of drug-likeness (QED) is 0.226. The lowest BCUT2D eigenvalue weighted by Crippen LogP contribution is -1.89. The Morgan fingerprint density at radius 2 is 2.43 bits per heavy atom. The Kier molecular flexibility index (Phi) is 1.54. The monoisotopic (exact) mass is 134 g/mol. The van der Waals surface area contributed by atoms with Crippen LogP contribution in [0.1, 0.15) is 6.92 Å². The molecular weight excluding hydrogens is 128 g/mol. The highest BCUT2D eigenvalue weighted by atomic mass is 32.2. The minimum Gasteiger partial charge on any atom is -0.358 e. The van der Waals surface area contributed by atoms with Gasteiger partial charge in [-0.05, 0) is 0 Å².